The summed E-state index contributed by atoms with van der Waals surface area (Å²) in [6, 6.07) is 3.56. The number of carbonyl (C=O) groups excluding carboxylic acids is 2. The van der Waals surface area contributed by atoms with Crippen LogP contribution >= 0.6 is 0 Å². The van der Waals surface area contributed by atoms with Crippen LogP contribution in [0.4, 0.5) is 4.39 Å². The molecule has 5 nitrogen and oxygen atoms in total. The molecule has 2 rings (SSSR count). The smallest absolute Gasteiger partial charge is 0.324 e. The Morgan fingerprint density at radius 1 is 1.32 bits per heavy atom. The van der Waals surface area contributed by atoms with Crippen molar-refractivity contribution >= 4 is 11.8 Å². The first-order valence-electron chi connectivity index (χ1n) is 5.59. The molecule has 1 heterocycles. The van der Waals surface area contributed by atoms with Crippen LogP contribution in [-0.2, 0) is 14.3 Å². The van der Waals surface area contributed by atoms with E-state index in [4.69, 9.17) is 9.47 Å². The van der Waals surface area contributed by atoms with Crippen LogP contribution in [-0.4, -0.2) is 39.2 Å². The van der Waals surface area contributed by atoms with Gasteiger partial charge in [-0.05, 0) is 18.2 Å². The molecule has 0 bridgehead atoms. The molecular weight excluding hydrogens is 255 g/mol. The number of rotatable bonds is 4. The van der Waals surface area contributed by atoms with Crippen LogP contribution in [0.3, 0.4) is 0 Å². The number of Topliss-reactive ketones (excluding diaryl/α,β-unsaturated/α-hetero) is 1. The van der Waals surface area contributed by atoms with E-state index in [1.165, 1.54) is 26.4 Å². The molecular formula is C13H13FO5. The number of halogens is 1. The van der Waals surface area contributed by atoms with E-state index in [0.717, 1.165) is 6.07 Å². The molecule has 19 heavy (non-hydrogen) atoms. The summed E-state index contributed by atoms with van der Waals surface area (Å²) in [4.78, 5) is 24.2. The molecule has 0 unspecified atom stereocenters. The molecule has 0 N–H and O–H groups in total. The van der Waals surface area contributed by atoms with Crippen LogP contribution in [0.2, 0.25) is 0 Å². The lowest BCUT2D eigenvalue weighted by Gasteiger charge is -2.37. The largest absolute Gasteiger partial charge is 0.496 e. The van der Waals surface area contributed by atoms with Crippen LogP contribution in [0.25, 0.3) is 0 Å². The number of carbonyl (C=O) groups is 2. The van der Waals surface area contributed by atoms with Crippen molar-refractivity contribution in [3.63, 3.8) is 0 Å². The monoisotopic (exact) mass is 268 g/mol. The number of ether oxygens (including phenoxy) is 3. The summed E-state index contributed by atoms with van der Waals surface area (Å²) in [7, 11) is 2.56. The fourth-order valence-electron chi connectivity index (χ4n) is 1.96. The first-order chi connectivity index (χ1) is 9.05. The molecule has 0 amide bonds. The fourth-order valence-corrected chi connectivity index (χ4v) is 1.96. The Bertz CT molecular complexity index is 522. The fraction of sp³-hybridized carbons (Fsp3) is 0.385. The van der Waals surface area contributed by atoms with Gasteiger partial charge in [-0.25, -0.2) is 4.39 Å². The SMILES string of the molecule is COC(=O)C1(C(=O)c2cc(F)ccc2OC)COC1. The maximum atomic E-state index is 13.3. The summed E-state index contributed by atoms with van der Waals surface area (Å²) in [5, 5.41) is 0. The normalized spacial score (nSPS) is 16.4. The third kappa shape index (κ3) is 2.08. The number of ketones is 1. The lowest BCUT2D eigenvalue weighted by atomic mass is 9.78. The van der Waals surface area contributed by atoms with Crippen molar-refractivity contribution in [2.24, 2.45) is 5.41 Å². The molecule has 0 aliphatic carbocycles. The van der Waals surface area contributed by atoms with Gasteiger partial charge in [0.15, 0.2) is 11.2 Å². The summed E-state index contributed by atoms with van der Waals surface area (Å²) in [5.41, 5.74) is -1.38. The minimum absolute atomic E-state index is 0.0104. The molecule has 1 aliphatic rings. The Labute approximate surface area is 109 Å². The quantitative estimate of drug-likeness (QED) is 0.466. The van der Waals surface area contributed by atoms with Crippen LogP contribution in [0, 0.1) is 11.2 Å². The molecule has 0 spiro atoms. The molecule has 0 atom stereocenters. The highest BCUT2D eigenvalue weighted by Crippen LogP contribution is 2.36. The zero-order valence-electron chi connectivity index (χ0n) is 10.6. The second kappa shape index (κ2) is 4.97. The maximum absolute atomic E-state index is 13.3. The molecule has 1 aromatic rings. The molecule has 1 aliphatic heterocycles. The average molecular weight is 268 g/mol. The lowest BCUT2D eigenvalue weighted by molar-refractivity contribution is -0.172. The van der Waals surface area contributed by atoms with Gasteiger partial charge in [0.25, 0.3) is 0 Å². The first-order valence-corrected chi connectivity index (χ1v) is 5.59. The highest BCUT2D eigenvalue weighted by atomic mass is 19.1. The second-order valence-electron chi connectivity index (χ2n) is 4.24. The summed E-state index contributed by atoms with van der Waals surface area (Å²) in [6.07, 6.45) is 0. The van der Waals surface area contributed by atoms with Crippen molar-refractivity contribution in [2.75, 3.05) is 27.4 Å². The zero-order valence-corrected chi connectivity index (χ0v) is 10.6. The lowest BCUT2D eigenvalue weighted by Crippen LogP contribution is -2.55. The van der Waals surface area contributed by atoms with E-state index in [2.05, 4.69) is 4.74 Å². The van der Waals surface area contributed by atoms with Crippen molar-refractivity contribution in [1.82, 2.24) is 0 Å². The van der Waals surface area contributed by atoms with Crippen molar-refractivity contribution in [2.45, 2.75) is 0 Å². The Balaban J connectivity index is 2.43. The highest BCUT2D eigenvalue weighted by Gasteiger charge is 2.54. The summed E-state index contributed by atoms with van der Waals surface area (Å²) < 4.78 is 27.9. The molecule has 102 valence electrons. The second-order valence-corrected chi connectivity index (χ2v) is 4.24. The molecule has 0 radical (unpaired) electrons. The van der Waals surface area contributed by atoms with Gasteiger partial charge in [-0.15, -0.1) is 0 Å². The van der Waals surface area contributed by atoms with Gasteiger partial charge in [0.05, 0.1) is 33.0 Å². The third-order valence-electron chi connectivity index (χ3n) is 3.11. The van der Waals surface area contributed by atoms with E-state index < -0.39 is 23.0 Å². The topological polar surface area (TPSA) is 61.8 Å². The average Bonchev–Trinajstić information content (AvgIpc) is 2.36. The molecule has 1 saturated heterocycles. The van der Waals surface area contributed by atoms with E-state index in [1.807, 2.05) is 0 Å². The van der Waals surface area contributed by atoms with Gasteiger partial charge in [0.2, 0.25) is 0 Å². The maximum Gasteiger partial charge on any atom is 0.324 e. The van der Waals surface area contributed by atoms with Gasteiger partial charge in [0.1, 0.15) is 11.6 Å². The Hall–Kier alpha value is -1.95. The van der Waals surface area contributed by atoms with Crippen LogP contribution in [0.5, 0.6) is 5.75 Å². The predicted molar refractivity (Wildman–Crippen MR) is 62.6 cm³/mol. The van der Waals surface area contributed by atoms with E-state index >= 15 is 0 Å². The Morgan fingerprint density at radius 2 is 2.00 bits per heavy atom. The minimum Gasteiger partial charge on any atom is -0.496 e. The van der Waals surface area contributed by atoms with Gasteiger partial charge in [-0.3, -0.25) is 9.59 Å². The van der Waals surface area contributed by atoms with E-state index in [0.29, 0.717) is 0 Å². The van der Waals surface area contributed by atoms with Crippen molar-refractivity contribution in [1.29, 1.82) is 0 Å². The summed E-state index contributed by atoms with van der Waals surface area (Å²) >= 11 is 0. The first kappa shape index (κ1) is 13.5. The Morgan fingerprint density at radius 3 is 2.47 bits per heavy atom. The van der Waals surface area contributed by atoms with Gasteiger partial charge in [-0.1, -0.05) is 0 Å². The molecule has 6 heteroatoms. The number of methoxy groups -OCH3 is 2. The van der Waals surface area contributed by atoms with Crippen LogP contribution < -0.4 is 4.74 Å². The van der Waals surface area contributed by atoms with Crippen LogP contribution in [0.1, 0.15) is 10.4 Å². The predicted octanol–water partition coefficient (Wildman–Crippen LogP) is 1.21. The Kier molecular flexibility index (Phi) is 3.53. The van der Waals surface area contributed by atoms with E-state index in [9.17, 15) is 14.0 Å². The number of hydrogen-bond donors (Lipinski definition) is 0. The van der Waals surface area contributed by atoms with Gasteiger partial charge >= 0.3 is 5.97 Å². The summed E-state index contributed by atoms with van der Waals surface area (Å²) in [6.45, 7) is -0.143. The van der Waals surface area contributed by atoms with Gasteiger partial charge < -0.3 is 14.2 Å². The summed E-state index contributed by atoms with van der Waals surface area (Å²) in [5.74, 6) is -1.61. The zero-order chi connectivity index (χ0) is 14.0. The highest BCUT2D eigenvalue weighted by molar-refractivity contribution is 6.14. The van der Waals surface area contributed by atoms with Gasteiger partial charge in [0, 0.05) is 0 Å². The van der Waals surface area contributed by atoms with E-state index in [-0.39, 0.29) is 24.5 Å². The molecule has 0 saturated carbocycles. The number of hydrogen-bond acceptors (Lipinski definition) is 5. The van der Waals surface area contributed by atoms with Crippen LogP contribution in [0.15, 0.2) is 18.2 Å². The van der Waals surface area contributed by atoms with Crippen molar-refractivity contribution in [3.8, 4) is 5.75 Å². The molecule has 0 aromatic heterocycles. The number of esters is 1. The molecule has 1 aromatic carbocycles. The number of benzene rings is 1. The standard InChI is InChI=1S/C13H13FO5/c1-17-10-4-3-8(14)5-9(10)11(15)13(6-19-7-13)12(16)18-2/h3-5H,6-7H2,1-2H3. The van der Waals surface area contributed by atoms with Crippen molar-refractivity contribution < 1.29 is 28.2 Å². The molecule has 1 fully saturated rings. The van der Waals surface area contributed by atoms with Gasteiger partial charge in [-0.2, -0.15) is 0 Å². The minimum atomic E-state index is -1.39. The third-order valence-corrected chi connectivity index (χ3v) is 3.11. The van der Waals surface area contributed by atoms with E-state index in [1.54, 1.807) is 0 Å². The van der Waals surface area contributed by atoms with Crippen molar-refractivity contribution in [3.05, 3.63) is 29.6 Å².